The molecule has 0 fully saturated rings. The molecule has 0 amide bonds. The Labute approximate surface area is 172 Å². The summed E-state index contributed by atoms with van der Waals surface area (Å²) >= 11 is 5.82. The minimum atomic E-state index is -4.59. The zero-order valence-corrected chi connectivity index (χ0v) is 15.9. The summed E-state index contributed by atoms with van der Waals surface area (Å²) in [5.74, 6) is -1.25. The molecule has 0 aliphatic carbocycles. The highest BCUT2D eigenvalue weighted by molar-refractivity contribution is 6.32. The van der Waals surface area contributed by atoms with Crippen molar-refractivity contribution in [2.24, 2.45) is 0 Å². The maximum absolute atomic E-state index is 12.7. The molecule has 0 spiro atoms. The lowest BCUT2D eigenvalue weighted by atomic mass is 10.1. The van der Waals surface area contributed by atoms with Gasteiger partial charge in [0.1, 0.15) is 23.7 Å². The van der Waals surface area contributed by atoms with Crippen molar-refractivity contribution in [2.45, 2.75) is 6.18 Å². The van der Waals surface area contributed by atoms with Crippen molar-refractivity contribution in [1.82, 2.24) is 0 Å². The highest BCUT2D eigenvalue weighted by atomic mass is 35.5. The lowest BCUT2D eigenvalue weighted by Crippen LogP contribution is -2.13. The number of nitro benzene ring substituents is 1. The fourth-order valence-electron chi connectivity index (χ4n) is 2.23. The van der Waals surface area contributed by atoms with Crippen molar-refractivity contribution in [3.63, 3.8) is 0 Å². The predicted molar refractivity (Wildman–Crippen MR) is 97.8 cm³/mol. The van der Waals surface area contributed by atoms with Gasteiger partial charge >= 0.3 is 12.1 Å². The number of esters is 1. The van der Waals surface area contributed by atoms with Crippen molar-refractivity contribution in [3.8, 4) is 11.5 Å². The second kappa shape index (κ2) is 10.2. The third-order valence-electron chi connectivity index (χ3n) is 3.57. The third kappa shape index (κ3) is 6.31. The number of carbonyl (C=O) groups is 1. The van der Waals surface area contributed by atoms with Crippen molar-refractivity contribution in [2.75, 3.05) is 26.4 Å². The van der Waals surface area contributed by atoms with Gasteiger partial charge in [0.2, 0.25) is 0 Å². The summed E-state index contributed by atoms with van der Waals surface area (Å²) in [4.78, 5) is 22.6. The van der Waals surface area contributed by atoms with Crippen LogP contribution in [0.1, 0.15) is 15.9 Å². The SMILES string of the molecule is O=C(OCCOCCO)c1cc(Oc2ccc(C(F)(F)F)cc2Cl)ccc1[N+](=O)[O-]. The second-order valence-electron chi connectivity index (χ2n) is 5.65. The number of halogens is 4. The maximum Gasteiger partial charge on any atom is 0.416 e. The number of hydrogen-bond donors (Lipinski definition) is 1. The number of hydrogen-bond acceptors (Lipinski definition) is 7. The number of nitro groups is 1. The molecule has 2 rings (SSSR count). The lowest BCUT2D eigenvalue weighted by molar-refractivity contribution is -0.385. The Kier molecular flexibility index (Phi) is 7.98. The van der Waals surface area contributed by atoms with Gasteiger partial charge in [0.25, 0.3) is 5.69 Å². The molecule has 0 saturated heterocycles. The molecule has 1 N–H and O–H groups in total. The standard InChI is InChI=1S/C18H15ClF3NO7/c19-14-9-11(18(20,21)22)1-4-16(14)30-12-2-3-15(23(26)27)13(10-12)17(25)29-8-7-28-6-5-24/h1-4,9-10,24H,5-8H2. The minimum Gasteiger partial charge on any atom is -0.459 e. The van der Waals surface area contributed by atoms with Crippen LogP contribution < -0.4 is 4.74 Å². The first-order valence-electron chi connectivity index (χ1n) is 8.32. The molecule has 8 nitrogen and oxygen atoms in total. The van der Waals surface area contributed by atoms with E-state index in [9.17, 15) is 28.1 Å². The van der Waals surface area contributed by atoms with Gasteiger partial charge in [-0.05, 0) is 24.3 Å². The van der Waals surface area contributed by atoms with Crippen molar-refractivity contribution >= 4 is 23.3 Å². The summed E-state index contributed by atoms with van der Waals surface area (Å²) in [5.41, 5.74) is -1.96. The van der Waals surface area contributed by atoms with Gasteiger partial charge in [0.05, 0.1) is 35.3 Å². The Morgan fingerprint density at radius 2 is 1.87 bits per heavy atom. The molecule has 0 bridgehead atoms. The van der Waals surface area contributed by atoms with Crippen LogP contribution in [0.2, 0.25) is 5.02 Å². The van der Waals surface area contributed by atoms with E-state index in [1.807, 2.05) is 0 Å². The topological polar surface area (TPSA) is 108 Å². The molecule has 2 aromatic rings. The first kappa shape index (κ1) is 23.4. The lowest BCUT2D eigenvalue weighted by Gasteiger charge is -2.12. The highest BCUT2D eigenvalue weighted by Crippen LogP contribution is 2.37. The molecule has 12 heteroatoms. The van der Waals surface area contributed by atoms with Gasteiger partial charge in [0.15, 0.2) is 0 Å². The molecule has 0 radical (unpaired) electrons. The fraction of sp³-hybridized carbons (Fsp3) is 0.278. The minimum absolute atomic E-state index is 0.0303. The van der Waals surface area contributed by atoms with E-state index in [1.54, 1.807) is 0 Å². The van der Waals surface area contributed by atoms with Crippen LogP contribution in [0.25, 0.3) is 0 Å². The molecule has 0 aliphatic heterocycles. The first-order chi connectivity index (χ1) is 14.1. The van der Waals surface area contributed by atoms with Crippen LogP contribution in [-0.2, 0) is 15.7 Å². The van der Waals surface area contributed by atoms with E-state index in [0.717, 1.165) is 30.3 Å². The predicted octanol–water partition coefficient (Wildman–Crippen LogP) is 4.23. The molecule has 30 heavy (non-hydrogen) atoms. The number of carbonyl (C=O) groups excluding carboxylic acids is 1. The van der Waals surface area contributed by atoms with Crippen LogP contribution in [0.15, 0.2) is 36.4 Å². The molecule has 0 unspecified atom stereocenters. The van der Waals surface area contributed by atoms with Crippen LogP contribution >= 0.6 is 11.6 Å². The van der Waals surface area contributed by atoms with Crippen molar-refractivity contribution in [1.29, 1.82) is 0 Å². The van der Waals surface area contributed by atoms with Gasteiger partial charge in [-0.1, -0.05) is 11.6 Å². The Hall–Kier alpha value is -2.89. The normalized spacial score (nSPS) is 11.2. The van der Waals surface area contributed by atoms with E-state index in [4.69, 9.17) is 30.9 Å². The van der Waals surface area contributed by atoms with E-state index in [0.29, 0.717) is 6.07 Å². The van der Waals surface area contributed by atoms with Crippen LogP contribution in [0.3, 0.4) is 0 Å². The summed E-state index contributed by atoms with van der Waals surface area (Å²) in [7, 11) is 0. The zero-order valence-electron chi connectivity index (χ0n) is 15.1. The Bertz CT molecular complexity index is 921. The van der Waals surface area contributed by atoms with Gasteiger partial charge in [0, 0.05) is 12.1 Å². The van der Waals surface area contributed by atoms with E-state index in [1.165, 1.54) is 0 Å². The van der Waals surface area contributed by atoms with E-state index >= 15 is 0 Å². The summed E-state index contributed by atoms with van der Waals surface area (Å²) in [6, 6.07) is 5.59. The number of ether oxygens (including phenoxy) is 3. The average Bonchev–Trinajstić information content (AvgIpc) is 2.68. The molecule has 162 valence electrons. The summed E-state index contributed by atoms with van der Waals surface area (Å²) < 4.78 is 53.4. The van der Waals surface area contributed by atoms with Crippen LogP contribution in [0, 0.1) is 10.1 Å². The Morgan fingerprint density at radius 3 is 2.47 bits per heavy atom. The number of alkyl halides is 3. The molecular formula is C18H15ClF3NO7. The summed E-state index contributed by atoms with van der Waals surface area (Å²) in [5, 5.41) is 19.4. The fourth-order valence-corrected chi connectivity index (χ4v) is 2.45. The average molecular weight is 450 g/mol. The molecular weight excluding hydrogens is 435 g/mol. The van der Waals surface area contributed by atoms with E-state index < -0.39 is 33.9 Å². The molecule has 0 atom stereocenters. The van der Waals surface area contributed by atoms with Crippen LogP contribution in [0.4, 0.5) is 18.9 Å². The number of aliphatic hydroxyl groups excluding tert-OH is 1. The van der Waals surface area contributed by atoms with Gasteiger partial charge in [-0.3, -0.25) is 10.1 Å². The zero-order chi connectivity index (χ0) is 22.3. The Morgan fingerprint density at radius 1 is 1.13 bits per heavy atom. The molecule has 0 heterocycles. The maximum atomic E-state index is 12.7. The number of benzene rings is 2. The van der Waals surface area contributed by atoms with E-state index in [2.05, 4.69) is 0 Å². The van der Waals surface area contributed by atoms with Crippen LogP contribution in [-0.4, -0.2) is 42.4 Å². The first-order valence-corrected chi connectivity index (χ1v) is 8.70. The summed E-state index contributed by atoms with van der Waals surface area (Å²) in [6.07, 6.45) is -4.59. The molecule has 0 aliphatic rings. The van der Waals surface area contributed by atoms with Crippen molar-refractivity contribution < 1.29 is 42.2 Å². The number of nitrogens with zero attached hydrogens (tertiary/aromatic N) is 1. The highest BCUT2D eigenvalue weighted by Gasteiger charge is 2.31. The third-order valence-corrected chi connectivity index (χ3v) is 3.86. The molecule has 0 aromatic heterocycles. The molecule has 2 aromatic carbocycles. The number of aliphatic hydroxyl groups is 1. The smallest absolute Gasteiger partial charge is 0.416 e. The number of rotatable bonds is 9. The van der Waals surface area contributed by atoms with Gasteiger partial charge in [-0.15, -0.1) is 0 Å². The Balaban J connectivity index is 2.21. The quantitative estimate of drug-likeness (QED) is 0.264. The van der Waals surface area contributed by atoms with Crippen LogP contribution in [0.5, 0.6) is 11.5 Å². The summed E-state index contributed by atoms with van der Waals surface area (Å²) in [6.45, 7) is -0.427. The van der Waals surface area contributed by atoms with E-state index in [-0.39, 0.29) is 42.9 Å². The van der Waals surface area contributed by atoms with Gasteiger partial charge in [-0.25, -0.2) is 4.79 Å². The monoisotopic (exact) mass is 449 g/mol. The van der Waals surface area contributed by atoms with Gasteiger partial charge < -0.3 is 19.3 Å². The molecule has 0 saturated carbocycles. The van der Waals surface area contributed by atoms with Crippen molar-refractivity contribution in [3.05, 3.63) is 62.7 Å². The van der Waals surface area contributed by atoms with Gasteiger partial charge in [-0.2, -0.15) is 13.2 Å². The second-order valence-corrected chi connectivity index (χ2v) is 6.06. The largest absolute Gasteiger partial charge is 0.459 e.